The molecule has 0 N–H and O–H groups in total. The van der Waals surface area contributed by atoms with Crippen LogP contribution in [0.5, 0.6) is 11.5 Å². The molecule has 184 valence electrons. The topological polar surface area (TPSA) is 44.8 Å². The Kier molecular flexibility index (Phi) is 7.91. The van der Waals surface area contributed by atoms with Crippen molar-refractivity contribution < 1.29 is 45.3 Å². The van der Waals surface area contributed by atoms with Crippen LogP contribution in [0.2, 0.25) is 0 Å². The summed E-state index contributed by atoms with van der Waals surface area (Å²) in [6.07, 6.45) is -1.18. The molecule has 0 amide bonds. The van der Waals surface area contributed by atoms with Crippen molar-refractivity contribution in [1.82, 2.24) is 0 Å². The van der Waals surface area contributed by atoms with Crippen LogP contribution in [0.25, 0.3) is 5.57 Å². The Morgan fingerprint density at radius 2 is 1.74 bits per heavy atom. The summed E-state index contributed by atoms with van der Waals surface area (Å²) in [4.78, 5) is 12.4. The molecule has 1 atom stereocenters. The van der Waals surface area contributed by atoms with Gasteiger partial charge in [0.2, 0.25) is 0 Å². The van der Waals surface area contributed by atoms with Gasteiger partial charge in [-0.2, -0.15) is 13.2 Å². The Morgan fingerprint density at radius 1 is 1.03 bits per heavy atom. The molecule has 3 rings (SSSR count). The van der Waals surface area contributed by atoms with E-state index in [0.29, 0.717) is 12.0 Å². The minimum Gasteiger partial charge on any atom is -0.493 e. The molecular weight excluding hydrogens is 466 g/mol. The van der Waals surface area contributed by atoms with E-state index in [4.69, 9.17) is 9.47 Å². The molecule has 0 aromatic heterocycles. The van der Waals surface area contributed by atoms with Crippen LogP contribution < -0.4 is 9.47 Å². The summed E-state index contributed by atoms with van der Waals surface area (Å²) in [6, 6.07) is 3.58. The van der Waals surface area contributed by atoms with Crippen LogP contribution >= 0.6 is 0 Å². The van der Waals surface area contributed by atoms with Crippen LogP contribution in [0.3, 0.4) is 0 Å². The Labute approximate surface area is 192 Å². The van der Waals surface area contributed by atoms with E-state index in [1.807, 2.05) is 6.92 Å². The highest BCUT2D eigenvalue weighted by Crippen LogP contribution is 2.41. The fourth-order valence-electron chi connectivity index (χ4n) is 3.59. The van der Waals surface area contributed by atoms with Crippen molar-refractivity contribution in [1.29, 1.82) is 0 Å². The first-order chi connectivity index (χ1) is 16.1. The third kappa shape index (κ3) is 5.38. The first kappa shape index (κ1) is 25.6. The lowest BCUT2D eigenvalue weighted by molar-refractivity contribution is -0.141. The molecular formula is C24H22F6O4. The van der Waals surface area contributed by atoms with Gasteiger partial charge in [0.15, 0.2) is 23.2 Å². The fraction of sp³-hybridized carbons (Fsp3) is 0.375. The first-order valence-corrected chi connectivity index (χ1v) is 10.6. The fourth-order valence-corrected chi connectivity index (χ4v) is 3.59. The van der Waals surface area contributed by atoms with Crippen LogP contribution in [-0.2, 0) is 10.9 Å². The summed E-state index contributed by atoms with van der Waals surface area (Å²) in [7, 11) is 0. The number of hydrogen-bond acceptors (Lipinski definition) is 4. The summed E-state index contributed by atoms with van der Waals surface area (Å²) in [5.74, 6) is -8.28. The van der Waals surface area contributed by atoms with E-state index in [1.54, 1.807) is 6.08 Å². The predicted octanol–water partition coefficient (Wildman–Crippen LogP) is 6.71. The molecule has 0 aliphatic carbocycles. The molecule has 4 nitrogen and oxygen atoms in total. The number of alkyl halides is 3. The average molecular weight is 488 g/mol. The Morgan fingerprint density at radius 3 is 2.32 bits per heavy atom. The van der Waals surface area contributed by atoms with E-state index in [1.165, 1.54) is 6.92 Å². The lowest BCUT2D eigenvalue weighted by Crippen LogP contribution is -2.19. The maximum atomic E-state index is 14.7. The van der Waals surface area contributed by atoms with Gasteiger partial charge in [0.05, 0.1) is 24.9 Å². The van der Waals surface area contributed by atoms with Crippen molar-refractivity contribution in [3.8, 4) is 11.5 Å². The number of halogens is 6. The van der Waals surface area contributed by atoms with Crippen LogP contribution in [-0.4, -0.2) is 25.3 Å². The molecule has 34 heavy (non-hydrogen) atoms. The zero-order valence-electron chi connectivity index (χ0n) is 18.4. The number of benzene rings is 2. The number of ether oxygens (including phenoxy) is 3. The van der Waals surface area contributed by atoms with Crippen LogP contribution in [0, 0.1) is 17.5 Å². The van der Waals surface area contributed by atoms with E-state index < -0.39 is 52.2 Å². The van der Waals surface area contributed by atoms with Gasteiger partial charge in [-0.3, -0.25) is 0 Å². The van der Waals surface area contributed by atoms with Crippen molar-refractivity contribution in [2.75, 3.05) is 13.2 Å². The maximum Gasteiger partial charge on any atom is 0.422 e. The summed E-state index contributed by atoms with van der Waals surface area (Å²) >= 11 is 0. The highest BCUT2D eigenvalue weighted by atomic mass is 19.4. The molecule has 2 aromatic carbocycles. The molecule has 0 bridgehead atoms. The van der Waals surface area contributed by atoms with E-state index in [9.17, 15) is 31.1 Å². The normalized spacial score (nSPS) is 16.2. The number of hydrogen-bond donors (Lipinski definition) is 0. The second-order valence-electron chi connectivity index (χ2n) is 7.55. The number of carbonyl (C=O) groups is 1. The Hall–Kier alpha value is -3.01. The quantitative estimate of drug-likeness (QED) is 0.247. The predicted molar refractivity (Wildman–Crippen MR) is 111 cm³/mol. The smallest absolute Gasteiger partial charge is 0.422 e. The second-order valence-corrected chi connectivity index (χ2v) is 7.55. The number of rotatable bonds is 7. The molecule has 1 aliphatic rings. The van der Waals surface area contributed by atoms with Gasteiger partial charge in [0.1, 0.15) is 11.3 Å². The summed E-state index contributed by atoms with van der Waals surface area (Å²) < 4.78 is 98.8. The van der Waals surface area contributed by atoms with Crippen molar-refractivity contribution >= 4 is 11.5 Å². The van der Waals surface area contributed by atoms with Crippen molar-refractivity contribution in [3.05, 3.63) is 64.5 Å². The van der Waals surface area contributed by atoms with Gasteiger partial charge >= 0.3 is 12.1 Å². The van der Waals surface area contributed by atoms with Gasteiger partial charge in [0.25, 0.3) is 0 Å². The molecule has 1 heterocycles. The first-order valence-electron chi connectivity index (χ1n) is 10.6. The third-order valence-electron chi connectivity index (χ3n) is 5.21. The second kappa shape index (κ2) is 10.5. The van der Waals surface area contributed by atoms with E-state index >= 15 is 0 Å². The standard InChI is InChI=1S/C24H22F6O4/c1-3-5-14-7-6-13(12-33-14)15-8-9-16(21(26)20(15)25)23(31)34-18-11-10-17(32-4-2)19(22(18)27)24(28,29)30/h6,8-11,14H,3-5,7,12H2,1-2H3. The number of esters is 1. The maximum absolute atomic E-state index is 14.7. The van der Waals surface area contributed by atoms with Crippen LogP contribution in [0.15, 0.2) is 30.3 Å². The summed E-state index contributed by atoms with van der Waals surface area (Å²) in [5, 5.41) is 0. The lowest BCUT2D eigenvalue weighted by Gasteiger charge is -2.23. The number of carbonyl (C=O) groups excluding carboxylic acids is 1. The van der Waals surface area contributed by atoms with E-state index in [-0.39, 0.29) is 24.9 Å². The monoisotopic (exact) mass is 488 g/mol. The van der Waals surface area contributed by atoms with Crippen LogP contribution in [0.4, 0.5) is 26.3 Å². The van der Waals surface area contributed by atoms with Gasteiger partial charge < -0.3 is 14.2 Å². The van der Waals surface area contributed by atoms with Gasteiger partial charge in [-0.1, -0.05) is 25.5 Å². The van der Waals surface area contributed by atoms with Crippen molar-refractivity contribution in [2.45, 2.75) is 45.4 Å². The Balaban J connectivity index is 1.87. The largest absolute Gasteiger partial charge is 0.493 e. The zero-order valence-corrected chi connectivity index (χ0v) is 18.4. The minimum absolute atomic E-state index is 0.0125. The summed E-state index contributed by atoms with van der Waals surface area (Å²) in [5.41, 5.74) is -2.39. The molecule has 0 radical (unpaired) electrons. The van der Waals surface area contributed by atoms with Gasteiger partial charge in [-0.15, -0.1) is 0 Å². The highest BCUT2D eigenvalue weighted by Gasteiger charge is 2.40. The van der Waals surface area contributed by atoms with Crippen molar-refractivity contribution in [3.63, 3.8) is 0 Å². The third-order valence-corrected chi connectivity index (χ3v) is 5.21. The minimum atomic E-state index is -5.15. The van der Waals surface area contributed by atoms with Crippen LogP contribution in [0.1, 0.15) is 54.6 Å². The van der Waals surface area contributed by atoms with Gasteiger partial charge in [0, 0.05) is 5.56 Å². The highest BCUT2D eigenvalue weighted by molar-refractivity contribution is 5.92. The zero-order chi connectivity index (χ0) is 25.0. The van der Waals surface area contributed by atoms with E-state index in [2.05, 4.69) is 4.74 Å². The molecule has 10 heteroatoms. The van der Waals surface area contributed by atoms with Gasteiger partial charge in [-0.05, 0) is 43.5 Å². The summed E-state index contributed by atoms with van der Waals surface area (Å²) in [6.45, 7) is 3.30. The SMILES string of the molecule is CCCC1CC=C(c2ccc(C(=O)Oc3ccc(OCC)c(C(F)(F)F)c3F)c(F)c2F)CO1. The molecule has 0 saturated carbocycles. The van der Waals surface area contributed by atoms with Gasteiger partial charge in [-0.25, -0.2) is 18.0 Å². The average Bonchev–Trinajstić information content (AvgIpc) is 2.77. The molecule has 0 spiro atoms. The molecule has 0 fully saturated rings. The van der Waals surface area contributed by atoms with Crippen molar-refractivity contribution in [2.24, 2.45) is 0 Å². The van der Waals surface area contributed by atoms with E-state index in [0.717, 1.165) is 37.1 Å². The Bertz CT molecular complexity index is 1090. The molecule has 1 unspecified atom stereocenters. The molecule has 0 saturated heterocycles. The molecule has 2 aromatic rings. The lowest BCUT2D eigenvalue weighted by atomic mass is 9.98. The molecule has 1 aliphatic heterocycles.